The first-order chi connectivity index (χ1) is 8.93. The van der Waals surface area contributed by atoms with Crippen LogP contribution in [-0.4, -0.2) is 42.0 Å². The van der Waals surface area contributed by atoms with Crippen molar-refractivity contribution >= 4 is 5.91 Å². The number of likely N-dealkylation sites (N-methyl/N-ethyl adjacent to an activating group) is 1. The van der Waals surface area contributed by atoms with E-state index in [-0.39, 0.29) is 18.6 Å². The summed E-state index contributed by atoms with van der Waals surface area (Å²) in [5.74, 6) is 0.593. The van der Waals surface area contributed by atoms with Crippen LogP contribution in [0.15, 0.2) is 12.1 Å². The Bertz CT molecular complexity index is 433. The summed E-state index contributed by atoms with van der Waals surface area (Å²) >= 11 is 0. The fourth-order valence-corrected chi connectivity index (χ4v) is 1.61. The summed E-state index contributed by atoms with van der Waals surface area (Å²) in [6.07, 6.45) is 0.634. The molecule has 0 aliphatic rings. The summed E-state index contributed by atoms with van der Waals surface area (Å²) in [6, 6.07) is 3.72. The highest BCUT2D eigenvalue weighted by Crippen LogP contribution is 2.18. The van der Waals surface area contributed by atoms with Gasteiger partial charge < -0.3 is 15.4 Å². The van der Waals surface area contributed by atoms with Gasteiger partial charge >= 0.3 is 0 Å². The second kappa shape index (κ2) is 7.09. The Balaban J connectivity index is 2.74. The standard InChI is InChI=1S/C14H23N3O2/c1-5-17(4)14(18)9-19-13-7-6-11(3)16-12(13)8-10(2)15/h6-7,10H,5,8-9,15H2,1-4H3. The topological polar surface area (TPSA) is 68.5 Å². The highest BCUT2D eigenvalue weighted by Gasteiger charge is 2.12. The van der Waals surface area contributed by atoms with Crippen LogP contribution in [0.25, 0.3) is 0 Å². The van der Waals surface area contributed by atoms with Crippen LogP contribution in [-0.2, 0) is 11.2 Å². The van der Waals surface area contributed by atoms with Crippen LogP contribution in [0.4, 0.5) is 0 Å². The second-order valence-corrected chi connectivity index (χ2v) is 4.78. The Hall–Kier alpha value is -1.62. The summed E-state index contributed by atoms with van der Waals surface area (Å²) in [6.45, 7) is 6.46. The lowest BCUT2D eigenvalue weighted by Gasteiger charge is -2.16. The first-order valence-corrected chi connectivity index (χ1v) is 6.53. The molecule has 0 saturated heterocycles. The Morgan fingerprint density at radius 3 is 2.79 bits per heavy atom. The van der Waals surface area contributed by atoms with Gasteiger partial charge in [0.25, 0.3) is 5.91 Å². The zero-order valence-electron chi connectivity index (χ0n) is 12.1. The van der Waals surface area contributed by atoms with E-state index in [9.17, 15) is 4.79 Å². The number of carbonyl (C=O) groups is 1. The number of pyridine rings is 1. The van der Waals surface area contributed by atoms with Crippen molar-refractivity contribution in [2.24, 2.45) is 5.73 Å². The minimum atomic E-state index is -0.0465. The molecule has 106 valence electrons. The van der Waals surface area contributed by atoms with E-state index in [1.165, 1.54) is 0 Å². The lowest BCUT2D eigenvalue weighted by atomic mass is 10.1. The first-order valence-electron chi connectivity index (χ1n) is 6.53. The zero-order chi connectivity index (χ0) is 14.4. The number of aryl methyl sites for hydroxylation is 1. The Morgan fingerprint density at radius 1 is 1.53 bits per heavy atom. The molecule has 5 nitrogen and oxygen atoms in total. The summed E-state index contributed by atoms with van der Waals surface area (Å²) in [7, 11) is 1.75. The third-order valence-corrected chi connectivity index (χ3v) is 2.84. The van der Waals surface area contributed by atoms with Crippen molar-refractivity contribution in [3.8, 4) is 5.75 Å². The molecule has 0 aromatic carbocycles. The minimum absolute atomic E-state index is 0.00525. The zero-order valence-corrected chi connectivity index (χ0v) is 12.1. The summed E-state index contributed by atoms with van der Waals surface area (Å²) in [4.78, 5) is 17.7. The largest absolute Gasteiger partial charge is 0.482 e. The third-order valence-electron chi connectivity index (χ3n) is 2.84. The fraction of sp³-hybridized carbons (Fsp3) is 0.571. The molecule has 2 N–H and O–H groups in total. The van der Waals surface area contributed by atoms with Crippen LogP contribution in [0.3, 0.4) is 0 Å². The maximum absolute atomic E-state index is 11.7. The molecule has 1 atom stereocenters. The SMILES string of the molecule is CCN(C)C(=O)COc1ccc(C)nc1CC(C)N. The first kappa shape index (κ1) is 15.4. The lowest BCUT2D eigenvalue weighted by Crippen LogP contribution is -2.31. The van der Waals surface area contributed by atoms with Gasteiger partial charge in [0, 0.05) is 31.7 Å². The smallest absolute Gasteiger partial charge is 0.260 e. The highest BCUT2D eigenvalue weighted by atomic mass is 16.5. The molecule has 0 fully saturated rings. The molecule has 0 aliphatic heterocycles. The van der Waals surface area contributed by atoms with Gasteiger partial charge in [-0.25, -0.2) is 0 Å². The molecule has 0 saturated carbocycles. The molecule has 0 aliphatic carbocycles. The summed E-state index contributed by atoms with van der Waals surface area (Å²) < 4.78 is 5.57. The van der Waals surface area contributed by atoms with Crippen molar-refractivity contribution in [1.82, 2.24) is 9.88 Å². The molecule has 0 radical (unpaired) electrons. The maximum Gasteiger partial charge on any atom is 0.260 e. The average molecular weight is 265 g/mol. The van der Waals surface area contributed by atoms with Crippen LogP contribution < -0.4 is 10.5 Å². The molecule has 1 amide bonds. The quantitative estimate of drug-likeness (QED) is 0.837. The monoisotopic (exact) mass is 265 g/mol. The van der Waals surface area contributed by atoms with Crippen LogP contribution in [0.5, 0.6) is 5.75 Å². The molecule has 0 spiro atoms. The Labute approximate surface area is 114 Å². The number of carbonyl (C=O) groups excluding carboxylic acids is 1. The van der Waals surface area contributed by atoms with Crippen LogP contribution in [0.2, 0.25) is 0 Å². The van der Waals surface area contributed by atoms with E-state index in [1.54, 1.807) is 11.9 Å². The van der Waals surface area contributed by atoms with Crippen LogP contribution in [0.1, 0.15) is 25.2 Å². The fourth-order valence-electron chi connectivity index (χ4n) is 1.61. The van der Waals surface area contributed by atoms with Gasteiger partial charge in [-0.2, -0.15) is 0 Å². The Morgan fingerprint density at radius 2 is 2.21 bits per heavy atom. The molecule has 19 heavy (non-hydrogen) atoms. The second-order valence-electron chi connectivity index (χ2n) is 4.78. The summed E-state index contributed by atoms with van der Waals surface area (Å²) in [5.41, 5.74) is 7.52. The molecular weight excluding hydrogens is 242 g/mol. The van der Waals surface area contributed by atoms with E-state index in [1.807, 2.05) is 32.9 Å². The van der Waals surface area contributed by atoms with E-state index in [0.717, 1.165) is 11.4 Å². The van der Waals surface area contributed by atoms with Gasteiger partial charge in [-0.1, -0.05) is 0 Å². The van der Waals surface area contributed by atoms with Crippen molar-refractivity contribution in [3.63, 3.8) is 0 Å². The Kier molecular flexibility index (Phi) is 5.76. The lowest BCUT2D eigenvalue weighted by molar-refractivity contribution is -0.131. The molecule has 0 bridgehead atoms. The summed E-state index contributed by atoms with van der Waals surface area (Å²) in [5, 5.41) is 0. The van der Waals surface area contributed by atoms with Crippen LogP contribution >= 0.6 is 0 Å². The number of amides is 1. The normalized spacial score (nSPS) is 12.1. The molecule has 1 unspecified atom stereocenters. The van der Waals surface area contributed by atoms with Gasteiger partial charge in [0.2, 0.25) is 0 Å². The van der Waals surface area contributed by atoms with Gasteiger partial charge in [0.15, 0.2) is 6.61 Å². The minimum Gasteiger partial charge on any atom is -0.482 e. The predicted molar refractivity (Wildman–Crippen MR) is 75.1 cm³/mol. The number of nitrogens with two attached hydrogens (primary N) is 1. The van der Waals surface area contributed by atoms with Crippen LogP contribution in [0, 0.1) is 6.92 Å². The van der Waals surface area contributed by atoms with Gasteiger partial charge in [-0.3, -0.25) is 9.78 Å². The van der Waals surface area contributed by atoms with E-state index < -0.39 is 0 Å². The number of rotatable bonds is 6. The van der Waals surface area contributed by atoms with E-state index in [2.05, 4.69) is 4.98 Å². The van der Waals surface area contributed by atoms with Crippen molar-refractivity contribution in [2.45, 2.75) is 33.2 Å². The highest BCUT2D eigenvalue weighted by molar-refractivity contribution is 5.77. The van der Waals surface area contributed by atoms with Gasteiger partial charge in [-0.15, -0.1) is 0 Å². The van der Waals surface area contributed by atoms with E-state index >= 15 is 0 Å². The van der Waals surface area contributed by atoms with Gasteiger partial charge in [0.05, 0.1) is 5.69 Å². The van der Waals surface area contributed by atoms with Gasteiger partial charge in [0.1, 0.15) is 5.75 Å². The number of hydrogen-bond donors (Lipinski definition) is 1. The molecular formula is C14H23N3O2. The molecule has 5 heteroatoms. The van der Waals surface area contributed by atoms with Gasteiger partial charge in [-0.05, 0) is 32.9 Å². The molecule has 1 rings (SSSR count). The number of nitrogens with zero attached hydrogens (tertiary/aromatic N) is 2. The van der Waals surface area contributed by atoms with Crippen molar-refractivity contribution in [1.29, 1.82) is 0 Å². The average Bonchev–Trinajstić information content (AvgIpc) is 2.35. The van der Waals surface area contributed by atoms with Crippen molar-refractivity contribution in [2.75, 3.05) is 20.2 Å². The number of hydrogen-bond acceptors (Lipinski definition) is 4. The van der Waals surface area contributed by atoms with E-state index in [4.69, 9.17) is 10.5 Å². The number of ether oxygens (including phenoxy) is 1. The van der Waals surface area contributed by atoms with E-state index in [0.29, 0.717) is 18.7 Å². The molecule has 1 aromatic heterocycles. The third kappa shape index (κ3) is 4.87. The predicted octanol–water partition coefficient (Wildman–Crippen LogP) is 1.14. The van der Waals surface area contributed by atoms with Crippen molar-refractivity contribution < 1.29 is 9.53 Å². The molecule has 1 aromatic rings. The number of aromatic nitrogens is 1. The van der Waals surface area contributed by atoms with Crippen molar-refractivity contribution in [3.05, 3.63) is 23.5 Å². The molecule has 1 heterocycles. The maximum atomic E-state index is 11.7.